The minimum atomic E-state index is -0.703. The maximum absolute atomic E-state index is 13.4. The third kappa shape index (κ3) is 6.73. The molecule has 0 aromatic heterocycles. The number of thiocarbonyl (C=S) groups is 1. The summed E-state index contributed by atoms with van der Waals surface area (Å²) >= 11 is 5.65. The maximum atomic E-state index is 13.4. The molecule has 2 aromatic rings. The Labute approximate surface area is 204 Å². The smallest absolute Gasteiger partial charge is 0.245 e. The Morgan fingerprint density at radius 1 is 0.636 bits per heavy atom. The zero-order chi connectivity index (χ0) is 23.5. The largest absolute Gasteiger partial charge is 0.273 e. The van der Waals surface area contributed by atoms with Gasteiger partial charge >= 0.3 is 0 Å². The molecule has 0 bridgehead atoms. The molecule has 1 fully saturated rings. The van der Waals surface area contributed by atoms with Crippen molar-refractivity contribution in [3.8, 4) is 0 Å². The molecule has 0 spiro atoms. The lowest BCUT2D eigenvalue weighted by molar-refractivity contribution is -0.132. The average Bonchev–Trinajstić information content (AvgIpc) is 2.83. The van der Waals surface area contributed by atoms with Gasteiger partial charge in [-0.05, 0) is 42.9 Å². The minimum Gasteiger partial charge on any atom is -0.273 e. The van der Waals surface area contributed by atoms with Gasteiger partial charge in [-0.15, -0.1) is 0 Å². The molecule has 1 saturated heterocycles. The molecule has 176 valence electrons. The predicted octanol–water partition coefficient (Wildman–Crippen LogP) is 7.28. The van der Waals surface area contributed by atoms with E-state index in [2.05, 4.69) is 6.92 Å². The van der Waals surface area contributed by atoms with Crippen LogP contribution in [0.2, 0.25) is 0 Å². The lowest BCUT2D eigenvalue weighted by atomic mass is 9.95. The highest BCUT2D eigenvalue weighted by Crippen LogP contribution is 2.31. The first-order valence-electron chi connectivity index (χ1n) is 12.5. The van der Waals surface area contributed by atoms with Crippen LogP contribution in [0.3, 0.4) is 0 Å². The van der Waals surface area contributed by atoms with E-state index in [9.17, 15) is 9.59 Å². The number of para-hydroxylation sites is 2. The Hall–Kier alpha value is -2.53. The number of hydrogen-bond acceptors (Lipinski definition) is 3. The van der Waals surface area contributed by atoms with E-state index in [1.165, 1.54) is 54.7 Å². The van der Waals surface area contributed by atoms with E-state index < -0.39 is 5.92 Å². The standard InChI is InChI=1S/C28H36N2O2S/c1-2-3-4-5-6-7-8-9-10-17-22-25-26(31)29(23-18-13-11-14-19-23)28(33)30(27(25)32)24-20-15-12-16-21-24/h11-16,18-21,25H,2-10,17,22H2,1H3. The average molecular weight is 465 g/mol. The van der Waals surface area contributed by atoms with Crippen LogP contribution in [0, 0.1) is 5.92 Å². The van der Waals surface area contributed by atoms with Gasteiger partial charge in [-0.1, -0.05) is 108 Å². The van der Waals surface area contributed by atoms with E-state index >= 15 is 0 Å². The van der Waals surface area contributed by atoms with Gasteiger partial charge in [0.15, 0.2) is 5.11 Å². The summed E-state index contributed by atoms with van der Waals surface area (Å²) in [7, 11) is 0. The second-order valence-corrected chi connectivity index (χ2v) is 9.19. The SMILES string of the molecule is CCCCCCCCCCCCC1C(=O)N(c2ccccc2)C(=S)N(c2ccccc2)C1=O. The molecule has 0 saturated carbocycles. The molecule has 0 N–H and O–H groups in total. The summed E-state index contributed by atoms with van der Waals surface area (Å²) in [5.41, 5.74) is 1.41. The summed E-state index contributed by atoms with van der Waals surface area (Å²) in [6.45, 7) is 2.24. The molecule has 0 radical (unpaired) electrons. The fraction of sp³-hybridized carbons (Fsp3) is 0.464. The van der Waals surface area contributed by atoms with Gasteiger partial charge in [0.1, 0.15) is 5.92 Å². The third-order valence-corrected chi connectivity index (χ3v) is 6.66. The van der Waals surface area contributed by atoms with Gasteiger partial charge in [0.05, 0.1) is 11.4 Å². The molecule has 1 heterocycles. The van der Waals surface area contributed by atoms with Gasteiger partial charge in [0.25, 0.3) is 0 Å². The van der Waals surface area contributed by atoms with Crippen molar-refractivity contribution >= 4 is 40.5 Å². The highest BCUT2D eigenvalue weighted by Gasteiger charge is 2.44. The zero-order valence-electron chi connectivity index (χ0n) is 19.7. The van der Waals surface area contributed by atoms with Crippen molar-refractivity contribution in [2.45, 2.75) is 77.6 Å². The molecule has 2 aromatic carbocycles. The number of carbonyl (C=O) groups excluding carboxylic acids is 2. The second kappa shape index (κ2) is 13.2. The molecule has 2 amide bonds. The Balaban J connectivity index is 1.62. The van der Waals surface area contributed by atoms with Crippen molar-refractivity contribution in [1.82, 2.24) is 0 Å². The summed E-state index contributed by atoms with van der Waals surface area (Å²) < 4.78 is 0. The zero-order valence-corrected chi connectivity index (χ0v) is 20.6. The number of carbonyl (C=O) groups is 2. The van der Waals surface area contributed by atoms with Crippen LogP contribution in [0.5, 0.6) is 0 Å². The van der Waals surface area contributed by atoms with Gasteiger partial charge in [-0.25, -0.2) is 0 Å². The molecule has 4 nitrogen and oxygen atoms in total. The fourth-order valence-corrected chi connectivity index (χ4v) is 4.81. The Morgan fingerprint density at radius 2 is 1.03 bits per heavy atom. The number of benzene rings is 2. The molecule has 0 unspecified atom stereocenters. The lowest BCUT2D eigenvalue weighted by Crippen LogP contribution is -2.60. The quantitative estimate of drug-likeness (QED) is 0.178. The van der Waals surface area contributed by atoms with Crippen molar-refractivity contribution in [2.75, 3.05) is 9.80 Å². The van der Waals surface area contributed by atoms with Crippen molar-refractivity contribution < 1.29 is 9.59 Å². The van der Waals surface area contributed by atoms with Gasteiger partial charge in [0, 0.05) is 0 Å². The minimum absolute atomic E-state index is 0.209. The van der Waals surface area contributed by atoms with Crippen LogP contribution < -0.4 is 9.80 Å². The fourth-order valence-electron chi connectivity index (χ4n) is 4.42. The molecular formula is C28H36N2O2S. The normalized spacial score (nSPS) is 14.9. The van der Waals surface area contributed by atoms with Crippen LogP contribution in [0.15, 0.2) is 60.7 Å². The Kier molecular flexibility index (Phi) is 10.1. The highest BCUT2D eigenvalue weighted by atomic mass is 32.1. The molecule has 1 aliphatic heterocycles. The van der Waals surface area contributed by atoms with Crippen molar-refractivity contribution in [1.29, 1.82) is 0 Å². The summed E-state index contributed by atoms with van der Waals surface area (Å²) in [6, 6.07) is 18.8. The number of unbranched alkanes of at least 4 members (excludes halogenated alkanes) is 9. The van der Waals surface area contributed by atoms with Crippen LogP contribution in [-0.2, 0) is 9.59 Å². The van der Waals surface area contributed by atoms with Gasteiger partial charge in [0.2, 0.25) is 11.8 Å². The molecule has 33 heavy (non-hydrogen) atoms. The number of amides is 2. The summed E-state index contributed by atoms with van der Waals surface area (Å²) in [4.78, 5) is 29.9. The van der Waals surface area contributed by atoms with Crippen molar-refractivity contribution in [3.05, 3.63) is 60.7 Å². The topological polar surface area (TPSA) is 40.6 Å². The predicted molar refractivity (Wildman–Crippen MR) is 140 cm³/mol. The first-order valence-corrected chi connectivity index (χ1v) is 12.9. The van der Waals surface area contributed by atoms with Crippen LogP contribution in [-0.4, -0.2) is 16.9 Å². The van der Waals surface area contributed by atoms with Gasteiger partial charge < -0.3 is 0 Å². The monoisotopic (exact) mass is 464 g/mol. The van der Waals surface area contributed by atoms with E-state index in [4.69, 9.17) is 12.2 Å². The van der Waals surface area contributed by atoms with Crippen molar-refractivity contribution in [2.24, 2.45) is 5.92 Å². The van der Waals surface area contributed by atoms with Crippen molar-refractivity contribution in [3.63, 3.8) is 0 Å². The summed E-state index contributed by atoms with van der Waals surface area (Å²) in [5, 5.41) is 0.224. The first kappa shape index (κ1) is 25.1. The molecule has 0 atom stereocenters. The second-order valence-electron chi connectivity index (χ2n) is 8.82. The first-order chi connectivity index (χ1) is 16.1. The number of rotatable bonds is 13. The van der Waals surface area contributed by atoms with Crippen LogP contribution in [0.1, 0.15) is 77.6 Å². The highest BCUT2D eigenvalue weighted by molar-refractivity contribution is 7.81. The van der Waals surface area contributed by atoms with E-state index in [1.54, 1.807) is 0 Å². The van der Waals surface area contributed by atoms with Gasteiger partial charge in [-0.3, -0.25) is 19.4 Å². The summed E-state index contributed by atoms with van der Waals surface area (Å²) in [6.07, 6.45) is 12.8. The van der Waals surface area contributed by atoms with Crippen LogP contribution >= 0.6 is 12.2 Å². The third-order valence-electron chi connectivity index (χ3n) is 6.29. The van der Waals surface area contributed by atoms with E-state index in [0.717, 1.165) is 19.3 Å². The maximum Gasteiger partial charge on any atom is 0.245 e. The van der Waals surface area contributed by atoms with Crippen LogP contribution in [0.4, 0.5) is 11.4 Å². The molecule has 1 aliphatic rings. The number of anilines is 2. The van der Waals surface area contributed by atoms with Gasteiger partial charge in [-0.2, -0.15) is 0 Å². The molecule has 0 aliphatic carbocycles. The molecule has 3 rings (SSSR count). The molecule has 5 heteroatoms. The Morgan fingerprint density at radius 3 is 1.45 bits per heavy atom. The van der Waals surface area contributed by atoms with Crippen LogP contribution in [0.25, 0.3) is 0 Å². The lowest BCUT2D eigenvalue weighted by Gasteiger charge is -2.39. The summed E-state index contributed by atoms with van der Waals surface area (Å²) in [5.74, 6) is -1.12. The number of hydrogen-bond donors (Lipinski definition) is 0. The Bertz CT molecular complexity index is 839. The number of nitrogens with zero attached hydrogens (tertiary/aromatic N) is 2. The van der Waals surface area contributed by atoms with E-state index in [0.29, 0.717) is 17.8 Å². The van der Waals surface area contributed by atoms with E-state index in [1.807, 2.05) is 60.7 Å². The molecular weight excluding hydrogens is 428 g/mol. The van der Waals surface area contributed by atoms with E-state index in [-0.39, 0.29) is 16.9 Å².